The average Bonchev–Trinajstić information content (AvgIpc) is 2.87. The summed E-state index contributed by atoms with van der Waals surface area (Å²) in [6, 6.07) is 1.83. The van der Waals surface area contributed by atoms with Crippen LogP contribution in [0, 0.1) is 15.9 Å². The molecule has 1 heterocycles. The molecule has 1 amide bonds. The minimum atomic E-state index is -1.12. The molecule has 0 bridgehead atoms. The summed E-state index contributed by atoms with van der Waals surface area (Å²) in [5, 5.41) is 19.6. The van der Waals surface area contributed by atoms with Crippen LogP contribution in [0.5, 0.6) is 0 Å². The number of carbonyl (C=O) groups is 2. The molecule has 1 aromatic carbocycles. The van der Waals surface area contributed by atoms with Gasteiger partial charge in [0.15, 0.2) is 0 Å². The molecule has 0 aliphatic carbocycles. The number of nitro groups is 1. The van der Waals surface area contributed by atoms with Crippen LogP contribution >= 0.6 is 0 Å². The van der Waals surface area contributed by atoms with Crippen LogP contribution in [0.15, 0.2) is 18.2 Å². The molecule has 8 heteroatoms. The molecule has 7 nitrogen and oxygen atoms in total. The van der Waals surface area contributed by atoms with Crippen LogP contribution in [0.25, 0.3) is 0 Å². The van der Waals surface area contributed by atoms with Gasteiger partial charge in [-0.3, -0.25) is 14.9 Å². The second-order valence-electron chi connectivity index (χ2n) is 4.42. The second-order valence-corrected chi connectivity index (χ2v) is 4.42. The average molecular weight is 282 g/mol. The Bertz CT molecular complexity index is 589. The van der Waals surface area contributed by atoms with Crippen LogP contribution in [0.4, 0.5) is 10.1 Å². The summed E-state index contributed by atoms with van der Waals surface area (Å²) in [5.74, 6) is -2.80. The van der Waals surface area contributed by atoms with E-state index in [0.717, 1.165) is 23.1 Å². The molecule has 0 spiro atoms. The van der Waals surface area contributed by atoms with Crippen molar-refractivity contribution in [3.05, 3.63) is 39.7 Å². The lowest BCUT2D eigenvalue weighted by molar-refractivity contribution is -0.387. The molecule has 1 atom stereocenters. The maximum Gasteiger partial charge on any atom is 0.326 e. The number of hydrogen-bond acceptors (Lipinski definition) is 4. The van der Waals surface area contributed by atoms with E-state index in [1.54, 1.807) is 0 Å². The zero-order chi connectivity index (χ0) is 14.9. The van der Waals surface area contributed by atoms with Crippen LogP contribution in [0.3, 0.4) is 0 Å². The summed E-state index contributed by atoms with van der Waals surface area (Å²) in [5.41, 5.74) is -0.895. The highest BCUT2D eigenvalue weighted by Gasteiger charge is 2.35. The first-order valence-electron chi connectivity index (χ1n) is 5.89. The van der Waals surface area contributed by atoms with Crippen molar-refractivity contribution in [2.75, 3.05) is 6.54 Å². The van der Waals surface area contributed by atoms with E-state index < -0.39 is 34.3 Å². The Kier molecular flexibility index (Phi) is 3.64. The van der Waals surface area contributed by atoms with Gasteiger partial charge in [0.25, 0.3) is 5.91 Å². The summed E-state index contributed by atoms with van der Waals surface area (Å²) in [6.07, 6.45) is 0.885. The molecule has 0 aromatic heterocycles. The van der Waals surface area contributed by atoms with Gasteiger partial charge in [0.1, 0.15) is 6.04 Å². The fraction of sp³-hybridized carbons (Fsp3) is 0.333. The van der Waals surface area contributed by atoms with E-state index >= 15 is 0 Å². The van der Waals surface area contributed by atoms with E-state index in [4.69, 9.17) is 5.11 Å². The van der Waals surface area contributed by atoms with Crippen molar-refractivity contribution >= 4 is 17.6 Å². The Hall–Kier alpha value is -2.51. The van der Waals surface area contributed by atoms with Gasteiger partial charge in [-0.1, -0.05) is 0 Å². The topological polar surface area (TPSA) is 101 Å². The van der Waals surface area contributed by atoms with Crippen LogP contribution in [-0.4, -0.2) is 39.4 Å². The monoisotopic (exact) mass is 282 g/mol. The number of rotatable bonds is 3. The van der Waals surface area contributed by atoms with Crippen molar-refractivity contribution in [3.63, 3.8) is 0 Å². The minimum absolute atomic E-state index is 0.0914. The van der Waals surface area contributed by atoms with Gasteiger partial charge < -0.3 is 10.0 Å². The lowest BCUT2D eigenvalue weighted by atomic mass is 10.1. The predicted molar refractivity (Wildman–Crippen MR) is 64.7 cm³/mol. The van der Waals surface area contributed by atoms with E-state index in [9.17, 15) is 24.1 Å². The molecule has 2 rings (SSSR count). The highest BCUT2D eigenvalue weighted by molar-refractivity contribution is 5.97. The molecular weight excluding hydrogens is 271 g/mol. The van der Waals surface area contributed by atoms with Gasteiger partial charge in [0.05, 0.1) is 4.92 Å². The van der Waals surface area contributed by atoms with Crippen LogP contribution in [-0.2, 0) is 4.79 Å². The third-order valence-corrected chi connectivity index (χ3v) is 3.19. The Balaban J connectivity index is 2.32. The van der Waals surface area contributed by atoms with E-state index in [1.165, 1.54) is 0 Å². The number of benzene rings is 1. The molecule has 1 aromatic rings. The van der Waals surface area contributed by atoms with Gasteiger partial charge in [-0.05, 0) is 25.0 Å². The minimum Gasteiger partial charge on any atom is -0.480 e. The van der Waals surface area contributed by atoms with E-state index in [2.05, 4.69) is 0 Å². The SMILES string of the molecule is O=C(O)[C@@H]1CCCN1C(=O)c1ccc(F)c([N+](=O)[O-])c1. The van der Waals surface area contributed by atoms with Crippen LogP contribution in [0.2, 0.25) is 0 Å². The molecule has 1 aliphatic rings. The van der Waals surface area contributed by atoms with Gasteiger partial charge in [0.2, 0.25) is 5.82 Å². The van der Waals surface area contributed by atoms with Crippen molar-refractivity contribution in [2.45, 2.75) is 18.9 Å². The summed E-state index contributed by atoms with van der Waals surface area (Å²) >= 11 is 0. The molecule has 0 radical (unpaired) electrons. The van der Waals surface area contributed by atoms with E-state index in [0.29, 0.717) is 12.8 Å². The summed E-state index contributed by atoms with van der Waals surface area (Å²) in [4.78, 5) is 34.0. The van der Waals surface area contributed by atoms with Crippen molar-refractivity contribution < 1.29 is 24.0 Å². The number of carbonyl (C=O) groups excluding carboxylic acids is 1. The number of carboxylic acid groups (broad SMARTS) is 1. The number of nitrogens with zero attached hydrogens (tertiary/aromatic N) is 2. The number of hydrogen-bond donors (Lipinski definition) is 1. The van der Waals surface area contributed by atoms with Crippen molar-refractivity contribution in [3.8, 4) is 0 Å². The number of halogens is 1. The quantitative estimate of drug-likeness (QED) is 0.667. The van der Waals surface area contributed by atoms with Crippen molar-refractivity contribution in [1.29, 1.82) is 0 Å². The molecule has 20 heavy (non-hydrogen) atoms. The Morgan fingerprint density at radius 1 is 1.45 bits per heavy atom. The lowest BCUT2D eigenvalue weighted by Gasteiger charge is -2.21. The summed E-state index contributed by atoms with van der Waals surface area (Å²) in [7, 11) is 0. The molecular formula is C12H11FN2O5. The smallest absolute Gasteiger partial charge is 0.326 e. The van der Waals surface area contributed by atoms with Gasteiger partial charge >= 0.3 is 11.7 Å². The number of amides is 1. The van der Waals surface area contributed by atoms with Crippen molar-refractivity contribution in [2.24, 2.45) is 0 Å². The molecule has 106 valence electrons. The standard InChI is InChI=1S/C12H11FN2O5/c13-8-4-3-7(6-10(8)15(19)20)11(16)14-5-1-2-9(14)12(17)18/h3-4,6,9H,1-2,5H2,(H,17,18)/t9-/m0/s1. The third-order valence-electron chi connectivity index (χ3n) is 3.19. The van der Waals surface area contributed by atoms with Crippen molar-refractivity contribution in [1.82, 2.24) is 4.90 Å². The maximum atomic E-state index is 13.2. The number of carboxylic acids is 1. The maximum absolute atomic E-state index is 13.2. The highest BCUT2D eigenvalue weighted by atomic mass is 19.1. The number of likely N-dealkylation sites (tertiary alicyclic amines) is 1. The fourth-order valence-corrected chi connectivity index (χ4v) is 2.22. The zero-order valence-electron chi connectivity index (χ0n) is 10.3. The summed E-state index contributed by atoms with van der Waals surface area (Å²) < 4.78 is 13.2. The number of nitro benzene ring substituents is 1. The lowest BCUT2D eigenvalue weighted by Crippen LogP contribution is -2.40. The van der Waals surface area contributed by atoms with E-state index in [-0.39, 0.29) is 12.1 Å². The van der Waals surface area contributed by atoms with Crippen LogP contribution in [0.1, 0.15) is 23.2 Å². The summed E-state index contributed by atoms with van der Waals surface area (Å²) in [6.45, 7) is 0.265. The molecule has 1 aliphatic heterocycles. The first-order valence-corrected chi connectivity index (χ1v) is 5.89. The molecule has 1 fully saturated rings. The fourth-order valence-electron chi connectivity index (χ4n) is 2.22. The van der Waals surface area contributed by atoms with Gasteiger partial charge in [-0.15, -0.1) is 0 Å². The molecule has 0 unspecified atom stereocenters. The largest absolute Gasteiger partial charge is 0.480 e. The molecule has 1 N–H and O–H groups in total. The van der Waals surface area contributed by atoms with Gasteiger partial charge in [-0.2, -0.15) is 4.39 Å². The van der Waals surface area contributed by atoms with E-state index in [1.807, 2.05) is 0 Å². The third kappa shape index (κ3) is 2.44. The highest BCUT2D eigenvalue weighted by Crippen LogP contribution is 2.23. The Morgan fingerprint density at radius 2 is 2.15 bits per heavy atom. The second kappa shape index (κ2) is 5.24. The number of aliphatic carboxylic acids is 1. The first-order chi connectivity index (χ1) is 9.41. The predicted octanol–water partition coefficient (Wildman–Crippen LogP) is 1.42. The molecule has 1 saturated heterocycles. The normalized spacial score (nSPS) is 18.1. The first kappa shape index (κ1) is 13.9. The zero-order valence-corrected chi connectivity index (χ0v) is 10.3. The van der Waals surface area contributed by atoms with Gasteiger partial charge in [-0.25, -0.2) is 4.79 Å². The Morgan fingerprint density at radius 3 is 2.75 bits per heavy atom. The van der Waals surface area contributed by atoms with Gasteiger partial charge in [0, 0.05) is 18.2 Å². The Labute approximate surface area is 112 Å². The molecule has 0 saturated carbocycles. The van der Waals surface area contributed by atoms with Crippen LogP contribution < -0.4 is 0 Å².